The zero-order valence-corrected chi connectivity index (χ0v) is 18.1. The third-order valence-electron chi connectivity index (χ3n) is 5.41. The number of carbonyl (C=O) groups excluding carboxylic acids is 2. The first-order valence-electron chi connectivity index (χ1n) is 10.6. The van der Waals surface area contributed by atoms with Crippen LogP contribution in [0.1, 0.15) is 17.5 Å². The van der Waals surface area contributed by atoms with E-state index in [1.54, 1.807) is 34.1 Å². The normalized spacial score (nSPS) is 13.7. The monoisotopic (exact) mass is 450 g/mol. The molecule has 4 amide bonds. The summed E-state index contributed by atoms with van der Waals surface area (Å²) in [6.07, 6.45) is 0.744. The van der Waals surface area contributed by atoms with Crippen molar-refractivity contribution in [2.45, 2.75) is 19.9 Å². The summed E-state index contributed by atoms with van der Waals surface area (Å²) < 4.78 is 26.7. The molecule has 6 nitrogen and oxygen atoms in total. The minimum Gasteiger partial charge on any atom is -0.320 e. The van der Waals surface area contributed by atoms with E-state index in [9.17, 15) is 18.4 Å². The van der Waals surface area contributed by atoms with E-state index in [1.165, 1.54) is 6.07 Å². The summed E-state index contributed by atoms with van der Waals surface area (Å²) in [5.41, 5.74) is 3.61. The van der Waals surface area contributed by atoms with Gasteiger partial charge in [0.2, 0.25) is 0 Å². The summed E-state index contributed by atoms with van der Waals surface area (Å²) in [5, 5.41) is 5.54. The predicted molar refractivity (Wildman–Crippen MR) is 124 cm³/mol. The molecule has 0 radical (unpaired) electrons. The van der Waals surface area contributed by atoms with Crippen molar-refractivity contribution in [1.82, 2.24) is 4.90 Å². The Bertz CT molecular complexity index is 1150. The molecule has 3 aromatic carbocycles. The SMILES string of the molecule is Cc1ccc(NC(=O)Nc2ccc(N3CCCN(Cc4ccc(F)c(F)c4)C3=O)cc2)cc1. The first kappa shape index (κ1) is 22.3. The average Bonchev–Trinajstić information content (AvgIpc) is 2.80. The molecule has 1 aliphatic rings. The van der Waals surface area contributed by atoms with Crippen LogP contribution in [0.15, 0.2) is 66.7 Å². The molecule has 2 N–H and O–H groups in total. The van der Waals surface area contributed by atoms with Gasteiger partial charge in [-0.1, -0.05) is 23.8 Å². The molecule has 0 aliphatic carbocycles. The molecular weight excluding hydrogens is 426 g/mol. The number of halogens is 2. The minimum atomic E-state index is -0.927. The van der Waals surface area contributed by atoms with E-state index in [4.69, 9.17) is 0 Å². The maximum absolute atomic E-state index is 13.5. The Balaban J connectivity index is 1.38. The molecule has 0 bridgehead atoms. The van der Waals surface area contributed by atoms with Crippen LogP contribution in [0.2, 0.25) is 0 Å². The highest BCUT2D eigenvalue weighted by molar-refractivity contribution is 6.00. The molecule has 0 spiro atoms. The Morgan fingerprint density at radius 2 is 1.52 bits per heavy atom. The number of amides is 4. The minimum absolute atomic E-state index is 0.200. The lowest BCUT2D eigenvalue weighted by Crippen LogP contribution is -2.49. The van der Waals surface area contributed by atoms with Gasteiger partial charge in [0.15, 0.2) is 11.6 Å². The highest BCUT2D eigenvalue weighted by Crippen LogP contribution is 2.24. The molecule has 170 valence electrons. The summed E-state index contributed by atoms with van der Waals surface area (Å²) in [6, 6.07) is 17.6. The average molecular weight is 450 g/mol. The van der Waals surface area contributed by atoms with Crippen LogP contribution in [-0.4, -0.2) is 30.1 Å². The van der Waals surface area contributed by atoms with E-state index in [0.717, 1.165) is 24.1 Å². The number of rotatable bonds is 5. The maximum atomic E-state index is 13.5. The number of nitrogens with one attached hydrogen (secondary N) is 2. The van der Waals surface area contributed by atoms with Crippen molar-refractivity contribution in [3.05, 3.63) is 89.5 Å². The number of hydrogen-bond donors (Lipinski definition) is 2. The summed E-state index contributed by atoms with van der Waals surface area (Å²) in [6.45, 7) is 3.26. The lowest BCUT2D eigenvalue weighted by Gasteiger charge is -2.35. The first-order valence-corrected chi connectivity index (χ1v) is 10.6. The number of carbonyl (C=O) groups is 2. The fourth-order valence-electron chi connectivity index (χ4n) is 3.68. The lowest BCUT2D eigenvalue weighted by atomic mass is 10.1. The van der Waals surface area contributed by atoms with Crippen molar-refractivity contribution in [2.75, 3.05) is 28.6 Å². The second-order valence-electron chi connectivity index (χ2n) is 7.95. The molecule has 1 aliphatic heterocycles. The van der Waals surface area contributed by atoms with Crippen LogP contribution >= 0.6 is 0 Å². The predicted octanol–water partition coefficient (Wildman–Crippen LogP) is 5.75. The number of hydrogen-bond acceptors (Lipinski definition) is 2. The summed E-state index contributed by atoms with van der Waals surface area (Å²) >= 11 is 0. The zero-order valence-electron chi connectivity index (χ0n) is 18.1. The molecule has 1 saturated heterocycles. The fourth-order valence-corrected chi connectivity index (χ4v) is 3.68. The fraction of sp³-hybridized carbons (Fsp3) is 0.200. The van der Waals surface area contributed by atoms with Crippen LogP contribution in [0, 0.1) is 18.6 Å². The molecule has 0 aromatic heterocycles. The van der Waals surface area contributed by atoms with Gasteiger partial charge in [-0.3, -0.25) is 4.90 Å². The van der Waals surface area contributed by atoms with Gasteiger partial charge in [-0.25, -0.2) is 18.4 Å². The highest BCUT2D eigenvalue weighted by Gasteiger charge is 2.27. The van der Waals surface area contributed by atoms with Crippen molar-refractivity contribution in [3.63, 3.8) is 0 Å². The summed E-state index contributed by atoms with van der Waals surface area (Å²) in [5.74, 6) is -1.84. The van der Waals surface area contributed by atoms with Gasteiger partial charge in [0, 0.05) is 36.7 Å². The molecule has 0 atom stereocenters. The van der Waals surface area contributed by atoms with Gasteiger partial charge in [-0.2, -0.15) is 0 Å². The third kappa shape index (κ3) is 5.46. The lowest BCUT2D eigenvalue weighted by molar-refractivity contribution is 0.192. The van der Waals surface area contributed by atoms with Gasteiger partial charge in [-0.15, -0.1) is 0 Å². The number of urea groups is 2. The van der Waals surface area contributed by atoms with E-state index in [-0.39, 0.29) is 18.6 Å². The van der Waals surface area contributed by atoms with E-state index in [1.807, 2.05) is 31.2 Å². The number of aryl methyl sites for hydroxylation is 1. The molecule has 3 aromatic rings. The van der Waals surface area contributed by atoms with Gasteiger partial charge in [0.1, 0.15) is 0 Å². The standard InChI is InChI=1S/C25H24F2N4O2/c1-17-3-6-19(7-4-17)28-24(32)29-20-8-10-21(11-9-20)31-14-2-13-30(25(31)33)16-18-5-12-22(26)23(27)15-18/h3-12,15H,2,13-14,16H2,1H3,(H2,28,29,32). The van der Waals surface area contributed by atoms with Gasteiger partial charge in [0.25, 0.3) is 0 Å². The Morgan fingerprint density at radius 1 is 0.879 bits per heavy atom. The zero-order chi connectivity index (χ0) is 23.4. The second-order valence-corrected chi connectivity index (χ2v) is 7.95. The molecule has 0 unspecified atom stereocenters. The van der Waals surface area contributed by atoms with Gasteiger partial charge in [-0.05, 0) is 67.4 Å². The Labute approximate surface area is 190 Å². The Kier molecular flexibility index (Phi) is 6.53. The van der Waals surface area contributed by atoms with Gasteiger partial charge < -0.3 is 15.5 Å². The van der Waals surface area contributed by atoms with Gasteiger partial charge >= 0.3 is 12.1 Å². The van der Waals surface area contributed by atoms with Gasteiger partial charge in [0.05, 0.1) is 0 Å². The van der Waals surface area contributed by atoms with Crippen LogP contribution in [0.3, 0.4) is 0 Å². The van der Waals surface area contributed by atoms with Crippen LogP contribution < -0.4 is 15.5 Å². The van der Waals surface area contributed by atoms with Crippen LogP contribution in [0.4, 0.5) is 35.4 Å². The molecule has 0 saturated carbocycles. The van der Waals surface area contributed by atoms with Crippen molar-refractivity contribution < 1.29 is 18.4 Å². The van der Waals surface area contributed by atoms with Crippen molar-refractivity contribution >= 4 is 29.1 Å². The topological polar surface area (TPSA) is 64.7 Å². The molecule has 33 heavy (non-hydrogen) atoms. The number of anilines is 3. The van der Waals surface area contributed by atoms with E-state index >= 15 is 0 Å². The molecule has 1 heterocycles. The second kappa shape index (κ2) is 9.68. The van der Waals surface area contributed by atoms with Crippen molar-refractivity contribution in [2.24, 2.45) is 0 Å². The first-order chi connectivity index (χ1) is 15.9. The van der Waals surface area contributed by atoms with Crippen molar-refractivity contribution in [3.8, 4) is 0 Å². The van der Waals surface area contributed by atoms with Crippen molar-refractivity contribution in [1.29, 1.82) is 0 Å². The quantitative estimate of drug-likeness (QED) is 0.520. The molecule has 1 fully saturated rings. The highest BCUT2D eigenvalue weighted by atomic mass is 19.2. The van der Waals surface area contributed by atoms with Crippen LogP contribution in [-0.2, 0) is 6.54 Å². The largest absolute Gasteiger partial charge is 0.324 e. The third-order valence-corrected chi connectivity index (χ3v) is 5.41. The van der Waals surface area contributed by atoms with Crippen LogP contribution in [0.25, 0.3) is 0 Å². The molecular formula is C25H24F2N4O2. The van der Waals surface area contributed by atoms with E-state index in [0.29, 0.717) is 35.7 Å². The molecule has 4 rings (SSSR count). The Hall–Kier alpha value is -3.94. The molecule has 8 heteroatoms. The number of benzene rings is 3. The summed E-state index contributed by atoms with van der Waals surface area (Å²) in [4.78, 5) is 28.4. The van der Waals surface area contributed by atoms with E-state index in [2.05, 4.69) is 10.6 Å². The van der Waals surface area contributed by atoms with Crippen LogP contribution in [0.5, 0.6) is 0 Å². The Morgan fingerprint density at radius 3 is 2.15 bits per heavy atom. The maximum Gasteiger partial charge on any atom is 0.324 e. The van der Waals surface area contributed by atoms with E-state index < -0.39 is 11.6 Å². The smallest absolute Gasteiger partial charge is 0.320 e. The number of nitrogens with zero attached hydrogens (tertiary/aromatic N) is 2. The summed E-state index contributed by atoms with van der Waals surface area (Å²) in [7, 11) is 0.